The Balaban J connectivity index is 1.80. The first-order valence-corrected chi connectivity index (χ1v) is 6.59. The van der Waals surface area contributed by atoms with Gasteiger partial charge in [0.15, 0.2) is 0 Å². The maximum atomic E-state index is 9.71. The number of hydrogen-bond acceptors (Lipinski definition) is 3. The summed E-state index contributed by atoms with van der Waals surface area (Å²) in [6.07, 6.45) is 2.05. The monoisotopic (exact) mass is 226 g/mol. The lowest BCUT2D eigenvalue weighted by molar-refractivity contribution is -0.0755. The molecule has 3 atom stereocenters. The standard InChI is InChI=1S/C13H26N2O/c1-9(2)15-6-5-10(8-15)14-11-7-12(16)13(11,3)4/h9-12,14,16H,5-8H2,1-4H3. The van der Waals surface area contributed by atoms with E-state index in [1.807, 2.05) is 0 Å². The topological polar surface area (TPSA) is 35.5 Å². The molecule has 0 aromatic carbocycles. The second-order valence-corrected chi connectivity index (χ2v) is 6.37. The highest BCUT2D eigenvalue weighted by molar-refractivity contribution is 5.03. The number of rotatable bonds is 3. The van der Waals surface area contributed by atoms with E-state index >= 15 is 0 Å². The Hall–Kier alpha value is -0.120. The van der Waals surface area contributed by atoms with Gasteiger partial charge in [-0.15, -0.1) is 0 Å². The van der Waals surface area contributed by atoms with Crippen LogP contribution >= 0.6 is 0 Å². The van der Waals surface area contributed by atoms with Gasteiger partial charge in [-0.05, 0) is 33.2 Å². The minimum Gasteiger partial charge on any atom is -0.392 e. The summed E-state index contributed by atoms with van der Waals surface area (Å²) in [6.45, 7) is 11.2. The van der Waals surface area contributed by atoms with E-state index in [-0.39, 0.29) is 11.5 Å². The van der Waals surface area contributed by atoms with Gasteiger partial charge in [0.25, 0.3) is 0 Å². The SMILES string of the molecule is CC(C)N1CCC(NC2CC(O)C2(C)C)C1. The van der Waals surface area contributed by atoms with E-state index in [9.17, 15) is 5.11 Å². The summed E-state index contributed by atoms with van der Waals surface area (Å²) in [4.78, 5) is 2.53. The lowest BCUT2D eigenvalue weighted by Gasteiger charge is -2.50. The smallest absolute Gasteiger partial charge is 0.0621 e. The highest BCUT2D eigenvalue weighted by Crippen LogP contribution is 2.40. The van der Waals surface area contributed by atoms with Crippen molar-refractivity contribution in [1.29, 1.82) is 0 Å². The molecule has 3 heteroatoms. The molecule has 1 heterocycles. The molecule has 1 aliphatic carbocycles. The van der Waals surface area contributed by atoms with Gasteiger partial charge in [-0.25, -0.2) is 0 Å². The van der Waals surface area contributed by atoms with Gasteiger partial charge in [-0.3, -0.25) is 4.90 Å². The number of nitrogens with one attached hydrogen (secondary N) is 1. The van der Waals surface area contributed by atoms with Gasteiger partial charge < -0.3 is 10.4 Å². The third kappa shape index (κ3) is 2.13. The summed E-state index contributed by atoms with van der Waals surface area (Å²) in [7, 11) is 0. The maximum absolute atomic E-state index is 9.71. The fraction of sp³-hybridized carbons (Fsp3) is 1.00. The zero-order valence-electron chi connectivity index (χ0n) is 11.0. The highest BCUT2D eigenvalue weighted by atomic mass is 16.3. The molecule has 2 N–H and O–H groups in total. The van der Waals surface area contributed by atoms with Gasteiger partial charge in [0.1, 0.15) is 0 Å². The van der Waals surface area contributed by atoms with Crippen molar-refractivity contribution in [2.24, 2.45) is 5.41 Å². The summed E-state index contributed by atoms with van der Waals surface area (Å²) in [5.74, 6) is 0. The van der Waals surface area contributed by atoms with Crippen molar-refractivity contribution in [3.63, 3.8) is 0 Å². The first kappa shape index (κ1) is 12.3. The van der Waals surface area contributed by atoms with Gasteiger partial charge in [0.05, 0.1) is 6.10 Å². The summed E-state index contributed by atoms with van der Waals surface area (Å²) in [6, 6.07) is 1.78. The second kappa shape index (κ2) is 4.28. The van der Waals surface area contributed by atoms with Crippen LogP contribution in [0.1, 0.15) is 40.5 Å². The normalized spacial score (nSPS) is 39.0. The molecule has 16 heavy (non-hydrogen) atoms. The van der Waals surface area contributed by atoms with Crippen molar-refractivity contribution in [2.45, 2.75) is 64.8 Å². The Morgan fingerprint density at radius 1 is 1.38 bits per heavy atom. The largest absolute Gasteiger partial charge is 0.392 e. The molecule has 94 valence electrons. The van der Waals surface area contributed by atoms with E-state index in [0.717, 1.165) is 6.42 Å². The molecule has 1 aliphatic heterocycles. The molecule has 2 fully saturated rings. The molecule has 1 saturated heterocycles. The van der Waals surface area contributed by atoms with Crippen LogP contribution in [0.25, 0.3) is 0 Å². The molecule has 1 saturated carbocycles. The van der Waals surface area contributed by atoms with E-state index in [2.05, 4.69) is 37.9 Å². The van der Waals surface area contributed by atoms with Crippen LogP contribution in [0.3, 0.4) is 0 Å². The Labute approximate surface area is 99.2 Å². The Kier molecular flexibility index (Phi) is 3.30. The Morgan fingerprint density at radius 3 is 2.50 bits per heavy atom. The summed E-state index contributed by atoms with van der Waals surface area (Å²) < 4.78 is 0. The van der Waals surface area contributed by atoms with Gasteiger partial charge in [-0.2, -0.15) is 0 Å². The zero-order valence-corrected chi connectivity index (χ0v) is 11.0. The minimum atomic E-state index is -0.118. The van der Waals surface area contributed by atoms with Crippen LogP contribution in [0, 0.1) is 5.41 Å². The van der Waals surface area contributed by atoms with Gasteiger partial charge in [0, 0.05) is 30.1 Å². The predicted octanol–water partition coefficient (Wildman–Crippen LogP) is 1.22. The summed E-state index contributed by atoms with van der Waals surface area (Å²) in [5.41, 5.74) is 0.0608. The first-order valence-electron chi connectivity index (χ1n) is 6.59. The third-order valence-electron chi connectivity index (χ3n) is 4.60. The lowest BCUT2D eigenvalue weighted by atomic mass is 9.64. The molecule has 0 bridgehead atoms. The first-order chi connectivity index (χ1) is 7.41. The lowest BCUT2D eigenvalue weighted by Crippen LogP contribution is -2.62. The Morgan fingerprint density at radius 2 is 2.06 bits per heavy atom. The van der Waals surface area contributed by atoms with Crippen molar-refractivity contribution in [3.05, 3.63) is 0 Å². The molecule has 0 radical (unpaired) electrons. The molecule has 0 amide bonds. The van der Waals surface area contributed by atoms with Crippen LogP contribution in [-0.4, -0.2) is 47.3 Å². The van der Waals surface area contributed by atoms with Crippen LogP contribution in [0.4, 0.5) is 0 Å². The second-order valence-electron chi connectivity index (χ2n) is 6.37. The average Bonchev–Trinajstić information content (AvgIpc) is 2.66. The number of aliphatic hydroxyl groups excluding tert-OH is 1. The van der Waals surface area contributed by atoms with Gasteiger partial charge in [-0.1, -0.05) is 13.8 Å². The van der Waals surface area contributed by atoms with Crippen molar-refractivity contribution >= 4 is 0 Å². The number of likely N-dealkylation sites (tertiary alicyclic amines) is 1. The Bertz CT molecular complexity index is 252. The zero-order chi connectivity index (χ0) is 11.9. The number of hydrogen-bond donors (Lipinski definition) is 2. The van der Waals surface area contributed by atoms with Crippen LogP contribution in [0.2, 0.25) is 0 Å². The fourth-order valence-corrected chi connectivity index (χ4v) is 2.86. The molecule has 0 aromatic heterocycles. The number of aliphatic hydroxyl groups is 1. The van der Waals surface area contributed by atoms with Gasteiger partial charge in [0.2, 0.25) is 0 Å². The third-order valence-corrected chi connectivity index (χ3v) is 4.60. The minimum absolute atomic E-state index is 0.0608. The number of nitrogens with zero attached hydrogens (tertiary/aromatic N) is 1. The van der Waals surface area contributed by atoms with Crippen LogP contribution in [0.15, 0.2) is 0 Å². The van der Waals surface area contributed by atoms with Crippen LogP contribution < -0.4 is 5.32 Å². The van der Waals surface area contributed by atoms with Crippen LogP contribution in [-0.2, 0) is 0 Å². The summed E-state index contributed by atoms with van der Waals surface area (Å²) >= 11 is 0. The van der Waals surface area contributed by atoms with E-state index < -0.39 is 0 Å². The van der Waals surface area contributed by atoms with Crippen molar-refractivity contribution in [2.75, 3.05) is 13.1 Å². The molecule has 3 unspecified atom stereocenters. The van der Waals surface area contributed by atoms with E-state index in [1.54, 1.807) is 0 Å². The maximum Gasteiger partial charge on any atom is 0.0621 e. The van der Waals surface area contributed by atoms with Crippen molar-refractivity contribution in [1.82, 2.24) is 10.2 Å². The molecule has 0 aromatic rings. The van der Waals surface area contributed by atoms with E-state index in [1.165, 1.54) is 19.5 Å². The fourth-order valence-electron chi connectivity index (χ4n) is 2.86. The molecular formula is C13H26N2O. The molecule has 3 nitrogen and oxygen atoms in total. The van der Waals surface area contributed by atoms with Crippen molar-refractivity contribution in [3.8, 4) is 0 Å². The quantitative estimate of drug-likeness (QED) is 0.759. The van der Waals surface area contributed by atoms with Crippen molar-refractivity contribution < 1.29 is 5.11 Å². The summed E-state index contributed by atoms with van der Waals surface area (Å²) in [5, 5.41) is 13.4. The van der Waals surface area contributed by atoms with E-state index in [4.69, 9.17) is 0 Å². The molecular weight excluding hydrogens is 200 g/mol. The average molecular weight is 226 g/mol. The van der Waals surface area contributed by atoms with E-state index in [0.29, 0.717) is 18.1 Å². The van der Waals surface area contributed by atoms with Gasteiger partial charge >= 0.3 is 0 Å². The molecule has 0 spiro atoms. The molecule has 2 rings (SSSR count). The predicted molar refractivity (Wildman–Crippen MR) is 66.4 cm³/mol. The highest BCUT2D eigenvalue weighted by Gasteiger charge is 2.48. The molecule has 2 aliphatic rings. The van der Waals surface area contributed by atoms with Crippen LogP contribution in [0.5, 0.6) is 0 Å².